The molecule has 15 heavy (non-hydrogen) atoms. The lowest BCUT2D eigenvalue weighted by Gasteiger charge is -2.29. The number of hydrogen-bond donors (Lipinski definition) is 2. The standard InChI is InChI=1S/C10H15ClN4/c1-10(6-12,7-2-3-7)15-9-5-13-4-8(11)14-9/h4-5,7H,2-3,6,12H2,1H3,(H,14,15). The molecule has 2 rings (SSSR count). The van der Waals surface area contributed by atoms with Gasteiger partial charge in [-0.25, -0.2) is 4.98 Å². The van der Waals surface area contributed by atoms with E-state index in [4.69, 9.17) is 17.3 Å². The molecule has 0 spiro atoms. The summed E-state index contributed by atoms with van der Waals surface area (Å²) in [6.07, 6.45) is 5.65. The van der Waals surface area contributed by atoms with Crippen molar-refractivity contribution in [1.82, 2.24) is 9.97 Å². The molecule has 1 fully saturated rings. The SMILES string of the molecule is CC(CN)(Nc1cncc(Cl)n1)C1CC1. The normalized spacial score (nSPS) is 19.7. The van der Waals surface area contributed by atoms with E-state index in [0.717, 1.165) is 0 Å². The lowest BCUT2D eigenvalue weighted by Crippen LogP contribution is -2.44. The second-order valence-corrected chi connectivity index (χ2v) is 4.64. The molecule has 3 N–H and O–H groups in total. The Labute approximate surface area is 94.2 Å². The highest BCUT2D eigenvalue weighted by atomic mass is 35.5. The van der Waals surface area contributed by atoms with E-state index in [1.165, 1.54) is 19.0 Å². The topological polar surface area (TPSA) is 63.8 Å². The van der Waals surface area contributed by atoms with Gasteiger partial charge in [-0.1, -0.05) is 11.6 Å². The molecular formula is C10H15ClN4. The van der Waals surface area contributed by atoms with E-state index in [9.17, 15) is 0 Å². The minimum Gasteiger partial charge on any atom is -0.362 e. The number of rotatable bonds is 4. The lowest BCUT2D eigenvalue weighted by atomic mass is 9.96. The molecule has 0 aromatic carbocycles. The Morgan fingerprint density at radius 3 is 2.87 bits per heavy atom. The van der Waals surface area contributed by atoms with Gasteiger partial charge in [-0.3, -0.25) is 4.98 Å². The highest BCUT2D eigenvalue weighted by molar-refractivity contribution is 6.29. The summed E-state index contributed by atoms with van der Waals surface area (Å²) in [4.78, 5) is 8.14. The van der Waals surface area contributed by atoms with Crippen LogP contribution in [0.2, 0.25) is 5.15 Å². The number of nitrogens with one attached hydrogen (secondary N) is 1. The molecule has 5 heteroatoms. The average Bonchev–Trinajstić information content (AvgIpc) is 3.01. The molecule has 0 bridgehead atoms. The van der Waals surface area contributed by atoms with Gasteiger partial charge in [-0.15, -0.1) is 0 Å². The molecule has 82 valence electrons. The molecule has 0 saturated heterocycles. The summed E-state index contributed by atoms with van der Waals surface area (Å²) in [5.74, 6) is 1.34. The fourth-order valence-electron chi connectivity index (χ4n) is 1.74. The monoisotopic (exact) mass is 226 g/mol. The fourth-order valence-corrected chi connectivity index (χ4v) is 1.88. The summed E-state index contributed by atoms with van der Waals surface area (Å²) in [5.41, 5.74) is 5.71. The molecule has 1 aromatic rings. The van der Waals surface area contributed by atoms with Crippen molar-refractivity contribution in [3.8, 4) is 0 Å². The Morgan fingerprint density at radius 1 is 1.60 bits per heavy atom. The summed E-state index contributed by atoms with van der Waals surface area (Å²) in [6, 6.07) is 0. The zero-order valence-electron chi connectivity index (χ0n) is 8.70. The van der Waals surface area contributed by atoms with Crippen LogP contribution < -0.4 is 11.1 Å². The molecule has 4 nitrogen and oxygen atoms in total. The van der Waals surface area contributed by atoms with Crippen LogP contribution in [0.4, 0.5) is 5.82 Å². The van der Waals surface area contributed by atoms with Gasteiger partial charge in [0.25, 0.3) is 0 Å². The van der Waals surface area contributed by atoms with Gasteiger partial charge in [0.15, 0.2) is 0 Å². The van der Waals surface area contributed by atoms with Crippen molar-refractivity contribution < 1.29 is 0 Å². The van der Waals surface area contributed by atoms with E-state index in [1.807, 2.05) is 0 Å². The summed E-state index contributed by atoms with van der Waals surface area (Å²) in [7, 11) is 0. The second-order valence-electron chi connectivity index (χ2n) is 4.25. The maximum atomic E-state index is 5.79. The van der Waals surface area contributed by atoms with Gasteiger partial charge in [0, 0.05) is 6.54 Å². The first-order chi connectivity index (χ1) is 7.14. The Morgan fingerprint density at radius 2 is 2.33 bits per heavy atom. The molecule has 1 heterocycles. The molecule has 1 saturated carbocycles. The fraction of sp³-hybridized carbons (Fsp3) is 0.600. The minimum atomic E-state index is -0.0840. The number of halogens is 1. The highest BCUT2D eigenvalue weighted by Gasteiger charge is 2.40. The molecule has 1 atom stereocenters. The number of anilines is 1. The average molecular weight is 227 g/mol. The summed E-state index contributed by atoms with van der Waals surface area (Å²) < 4.78 is 0. The maximum Gasteiger partial charge on any atom is 0.149 e. The van der Waals surface area contributed by atoms with Crippen LogP contribution in [0.25, 0.3) is 0 Å². The van der Waals surface area contributed by atoms with Gasteiger partial charge in [0.1, 0.15) is 11.0 Å². The maximum absolute atomic E-state index is 5.79. The third-order valence-electron chi connectivity index (χ3n) is 2.92. The van der Waals surface area contributed by atoms with Crippen molar-refractivity contribution in [3.05, 3.63) is 17.5 Å². The Balaban J connectivity index is 2.12. The van der Waals surface area contributed by atoms with E-state index in [2.05, 4.69) is 22.2 Å². The van der Waals surface area contributed by atoms with Crippen molar-refractivity contribution in [3.63, 3.8) is 0 Å². The molecule has 0 amide bonds. The van der Waals surface area contributed by atoms with Crippen LogP contribution in [0.5, 0.6) is 0 Å². The Kier molecular flexibility index (Phi) is 2.80. The zero-order valence-corrected chi connectivity index (χ0v) is 9.46. The number of nitrogens with zero attached hydrogens (tertiary/aromatic N) is 2. The number of aromatic nitrogens is 2. The van der Waals surface area contributed by atoms with Crippen LogP contribution in [-0.2, 0) is 0 Å². The predicted molar refractivity (Wildman–Crippen MR) is 60.8 cm³/mol. The zero-order chi connectivity index (χ0) is 10.9. The minimum absolute atomic E-state index is 0.0840. The van der Waals surface area contributed by atoms with Crippen LogP contribution in [0.3, 0.4) is 0 Å². The first-order valence-corrected chi connectivity index (χ1v) is 5.47. The molecule has 1 aliphatic rings. The van der Waals surface area contributed by atoms with Crippen molar-refractivity contribution in [2.24, 2.45) is 11.7 Å². The van der Waals surface area contributed by atoms with Crippen LogP contribution in [-0.4, -0.2) is 22.1 Å². The van der Waals surface area contributed by atoms with Gasteiger partial charge in [0.05, 0.1) is 17.9 Å². The summed E-state index contributed by atoms with van der Waals surface area (Å²) in [5, 5.41) is 3.72. The van der Waals surface area contributed by atoms with Gasteiger partial charge in [-0.2, -0.15) is 0 Å². The van der Waals surface area contributed by atoms with Crippen molar-refractivity contribution in [2.75, 3.05) is 11.9 Å². The highest BCUT2D eigenvalue weighted by Crippen LogP contribution is 2.40. The van der Waals surface area contributed by atoms with Crippen LogP contribution in [0.1, 0.15) is 19.8 Å². The van der Waals surface area contributed by atoms with Gasteiger partial charge in [-0.05, 0) is 25.7 Å². The summed E-state index contributed by atoms with van der Waals surface area (Å²) >= 11 is 5.77. The van der Waals surface area contributed by atoms with E-state index in [-0.39, 0.29) is 5.54 Å². The molecule has 0 aliphatic heterocycles. The van der Waals surface area contributed by atoms with Crippen LogP contribution in [0, 0.1) is 5.92 Å². The van der Waals surface area contributed by atoms with Crippen molar-refractivity contribution in [2.45, 2.75) is 25.3 Å². The van der Waals surface area contributed by atoms with Gasteiger partial charge in [0.2, 0.25) is 0 Å². The third-order valence-corrected chi connectivity index (χ3v) is 3.10. The molecule has 1 aromatic heterocycles. The molecular weight excluding hydrogens is 212 g/mol. The molecule has 1 unspecified atom stereocenters. The molecule has 1 aliphatic carbocycles. The quantitative estimate of drug-likeness (QED) is 0.820. The van der Waals surface area contributed by atoms with Gasteiger partial charge < -0.3 is 11.1 Å². The second kappa shape index (κ2) is 3.94. The number of nitrogens with two attached hydrogens (primary N) is 1. The Bertz CT molecular complexity index is 353. The Hall–Kier alpha value is -0.870. The van der Waals surface area contributed by atoms with E-state index in [1.54, 1.807) is 6.20 Å². The van der Waals surface area contributed by atoms with Crippen molar-refractivity contribution >= 4 is 17.4 Å². The first kappa shape index (κ1) is 10.6. The summed E-state index contributed by atoms with van der Waals surface area (Å²) in [6.45, 7) is 2.71. The van der Waals surface area contributed by atoms with E-state index in [0.29, 0.717) is 23.4 Å². The largest absolute Gasteiger partial charge is 0.362 e. The van der Waals surface area contributed by atoms with Crippen molar-refractivity contribution in [1.29, 1.82) is 0 Å². The predicted octanol–water partition coefficient (Wildman–Crippen LogP) is 1.67. The first-order valence-electron chi connectivity index (χ1n) is 5.10. The van der Waals surface area contributed by atoms with Crippen LogP contribution >= 0.6 is 11.6 Å². The van der Waals surface area contributed by atoms with E-state index >= 15 is 0 Å². The smallest absolute Gasteiger partial charge is 0.149 e. The third kappa shape index (κ3) is 2.38. The number of hydrogen-bond acceptors (Lipinski definition) is 4. The van der Waals surface area contributed by atoms with Crippen LogP contribution in [0.15, 0.2) is 12.4 Å². The molecule has 0 radical (unpaired) electrons. The lowest BCUT2D eigenvalue weighted by molar-refractivity contribution is 0.457. The van der Waals surface area contributed by atoms with E-state index < -0.39 is 0 Å². The van der Waals surface area contributed by atoms with Gasteiger partial charge >= 0.3 is 0 Å².